The van der Waals surface area contributed by atoms with Crippen molar-refractivity contribution in [3.8, 4) is 0 Å². The van der Waals surface area contributed by atoms with E-state index in [0.29, 0.717) is 5.92 Å². The molecule has 0 bridgehead atoms. The van der Waals surface area contributed by atoms with Gasteiger partial charge in [0.1, 0.15) is 0 Å². The summed E-state index contributed by atoms with van der Waals surface area (Å²) in [6, 6.07) is 0.100. The number of rotatable bonds is 3. The van der Waals surface area contributed by atoms with Crippen LogP contribution in [0, 0.1) is 11.8 Å². The third kappa shape index (κ3) is 4.87. The Bertz CT molecular complexity index is 432. The molecule has 1 saturated heterocycles. The van der Waals surface area contributed by atoms with Crippen LogP contribution in [0.3, 0.4) is 0 Å². The average Bonchev–Trinajstić information content (AvgIpc) is 2.88. The minimum Gasteiger partial charge on any atom is -0.341 e. The molecule has 3 rings (SSSR count). The number of carbonyl (C=O) groups is 2. The van der Waals surface area contributed by atoms with Crippen LogP contribution in [0.5, 0.6) is 0 Å². The van der Waals surface area contributed by atoms with Crippen molar-refractivity contribution in [2.75, 3.05) is 19.6 Å². The minimum absolute atomic E-state index is 0.0787. The number of hydrogen-bond acceptors (Lipinski definition) is 2. The molecule has 24 heavy (non-hydrogen) atoms. The van der Waals surface area contributed by atoms with E-state index >= 15 is 0 Å². The lowest BCUT2D eigenvalue weighted by molar-refractivity contribution is -0.133. The van der Waals surface area contributed by atoms with Crippen molar-refractivity contribution in [2.45, 2.75) is 76.7 Å². The zero-order chi connectivity index (χ0) is 16.8. The summed E-state index contributed by atoms with van der Waals surface area (Å²) in [5, 5.41) is 5.82. The molecule has 2 saturated carbocycles. The highest BCUT2D eigenvalue weighted by Gasteiger charge is 2.32. The van der Waals surface area contributed by atoms with Crippen molar-refractivity contribution in [3.05, 3.63) is 0 Å². The molecule has 5 heteroatoms. The lowest BCUT2D eigenvalue weighted by Crippen LogP contribution is -2.50. The summed E-state index contributed by atoms with van der Waals surface area (Å²) in [5.41, 5.74) is 0. The molecule has 0 spiro atoms. The lowest BCUT2D eigenvalue weighted by Gasteiger charge is -2.41. The fourth-order valence-corrected chi connectivity index (χ4v) is 4.76. The Morgan fingerprint density at radius 3 is 2.25 bits per heavy atom. The maximum absolute atomic E-state index is 12.4. The van der Waals surface area contributed by atoms with Gasteiger partial charge in [-0.05, 0) is 37.5 Å². The Labute approximate surface area is 145 Å². The molecule has 0 aromatic heterocycles. The van der Waals surface area contributed by atoms with E-state index in [9.17, 15) is 9.59 Å². The number of urea groups is 1. The summed E-state index contributed by atoms with van der Waals surface area (Å²) in [4.78, 5) is 26.4. The van der Waals surface area contributed by atoms with Gasteiger partial charge in [0.2, 0.25) is 5.91 Å². The van der Waals surface area contributed by atoms with E-state index in [2.05, 4.69) is 10.6 Å². The normalized spacial score (nSPS) is 28.6. The molecule has 2 aliphatic carbocycles. The van der Waals surface area contributed by atoms with Crippen LogP contribution < -0.4 is 10.6 Å². The summed E-state index contributed by atoms with van der Waals surface area (Å²) in [6.45, 7) is 1.90. The Balaban J connectivity index is 1.37. The van der Waals surface area contributed by atoms with Gasteiger partial charge in [0.15, 0.2) is 0 Å². The topological polar surface area (TPSA) is 61.4 Å². The first kappa shape index (κ1) is 17.6. The monoisotopic (exact) mass is 335 g/mol. The maximum Gasteiger partial charge on any atom is 0.315 e. The Morgan fingerprint density at radius 1 is 0.833 bits per heavy atom. The van der Waals surface area contributed by atoms with Gasteiger partial charge in [-0.3, -0.25) is 4.79 Å². The third-order valence-electron chi connectivity index (χ3n) is 6.23. The number of nitrogens with zero attached hydrogens (tertiary/aromatic N) is 1. The van der Waals surface area contributed by atoms with Crippen molar-refractivity contribution in [2.24, 2.45) is 11.8 Å². The van der Waals surface area contributed by atoms with Crippen LogP contribution in [0.4, 0.5) is 4.79 Å². The van der Waals surface area contributed by atoms with Gasteiger partial charge < -0.3 is 15.5 Å². The smallest absolute Gasteiger partial charge is 0.315 e. The van der Waals surface area contributed by atoms with Crippen LogP contribution in [0.15, 0.2) is 0 Å². The van der Waals surface area contributed by atoms with Crippen LogP contribution in [-0.2, 0) is 4.79 Å². The van der Waals surface area contributed by atoms with Crippen molar-refractivity contribution < 1.29 is 9.59 Å². The van der Waals surface area contributed by atoms with Crippen LogP contribution in [0.1, 0.15) is 70.6 Å². The highest BCUT2D eigenvalue weighted by Crippen LogP contribution is 2.35. The van der Waals surface area contributed by atoms with Gasteiger partial charge in [-0.15, -0.1) is 0 Å². The lowest BCUT2D eigenvalue weighted by atomic mass is 9.75. The number of nitrogens with one attached hydrogen (secondary N) is 2. The van der Waals surface area contributed by atoms with Crippen molar-refractivity contribution in [3.63, 3.8) is 0 Å². The molecule has 1 heterocycles. The van der Waals surface area contributed by atoms with Gasteiger partial charge in [0.05, 0.1) is 6.54 Å². The molecule has 2 unspecified atom stereocenters. The van der Waals surface area contributed by atoms with Gasteiger partial charge in [-0.25, -0.2) is 4.79 Å². The van der Waals surface area contributed by atoms with Crippen molar-refractivity contribution >= 4 is 11.9 Å². The molecule has 3 aliphatic rings. The molecular weight excluding hydrogens is 302 g/mol. The Kier molecular flexibility index (Phi) is 6.38. The third-order valence-corrected chi connectivity index (χ3v) is 6.23. The van der Waals surface area contributed by atoms with Gasteiger partial charge in [0, 0.05) is 19.1 Å². The first-order valence-corrected chi connectivity index (χ1v) is 10.0. The van der Waals surface area contributed by atoms with Crippen LogP contribution in [-0.4, -0.2) is 42.5 Å². The maximum atomic E-state index is 12.4. The van der Waals surface area contributed by atoms with E-state index < -0.39 is 0 Å². The van der Waals surface area contributed by atoms with Gasteiger partial charge in [-0.2, -0.15) is 0 Å². The second-order valence-electron chi connectivity index (χ2n) is 7.95. The Morgan fingerprint density at radius 2 is 1.50 bits per heavy atom. The quantitative estimate of drug-likeness (QED) is 0.779. The summed E-state index contributed by atoms with van der Waals surface area (Å²) in [5.74, 6) is 1.60. The van der Waals surface area contributed by atoms with Crippen molar-refractivity contribution in [1.29, 1.82) is 0 Å². The van der Waals surface area contributed by atoms with Crippen molar-refractivity contribution in [1.82, 2.24) is 15.5 Å². The summed E-state index contributed by atoms with van der Waals surface area (Å²) in [7, 11) is 0. The fourth-order valence-electron chi connectivity index (χ4n) is 4.76. The molecule has 5 nitrogen and oxygen atoms in total. The van der Waals surface area contributed by atoms with E-state index in [-0.39, 0.29) is 24.5 Å². The zero-order valence-corrected chi connectivity index (χ0v) is 14.9. The molecular formula is C19H33N3O2. The first-order chi connectivity index (χ1) is 11.7. The minimum atomic E-state index is -0.178. The van der Waals surface area contributed by atoms with E-state index in [1.165, 1.54) is 51.4 Å². The fraction of sp³-hybridized carbons (Fsp3) is 0.895. The molecule has 2 atom stereocenters. The van der Waals surface area contributed by atoms with E-state index in [1.54, 1.807) is 0 Å². The van der Waals surface area contributed by atoms with Gasteiger partial charge in [0.25, 0.3) is 0 Å². The molecule has 0 radical (unpaired) electrons. The van der Waals surface area contributed by atoms with Crippen LogP contribution in [0.2, 0.25) is 0 Å². The number of fused-ring (bicyclic) bond motifs is 1. The van der Waals surface area contributed by atoms with Gasteiger partial charge >= 0.3 is 6.03 Å². The second-order valence-corrected chi connectivity index (χ2v) is 7.95. The number of hydrogen-bond donors (Lipinski definition) is 2. The highest BCUT2D eigenvalue weighted by molar-refractivity contribution is 5.84. The zero-order valence-electron chi connectivity index (χ0n) is 14.9. The highest BCUT2D eigenvalue weighted by atomic mass is 16.2. The summed E-state index contributed by atoms with van der Waals surface area (Å²) >= 11 is 0. The standard InChI is InChI=1S/C19H33N3O2/c23-18(22-12-11-15-7-5-6-8-16(15)14-22)13-20-19(24)21-17-9-3-1-2-4-10-17/h15-17H,1-14H2,(H2,20,21,24). The molecule has 2 N–H and O–H groups in total. The average molecular weight is 335 g/mol. The molecule has 3 amide bonds. The number of likely N-dealkylation sites (tertiary alicyclic amines) is 1. The van der Waals surface area contributed by atoms with E-state index in [0.717, 1.165) is 38.3 Å². The number of carbonyl (C=O) groups excluding carboxylic acids is 2. The van der Waals surface area contributed by atoms with Crippen LogP contribution in [0.25, 0.3) is 0 Å². The predicted molar refractivity (Wildman–Crippen MR) is 94.7 cm³/mol. The molecule has 0 aromatic rings. The van der Waals surface area contributed by atoms with Crippen LogP contribution >= 0.6 is 0 Å². The van der Waals surface area contributed by atoms with Gasteiger partial charge in [-0.1, -0.05) is 44.9 Å². The second kappa shape index (κ2) is 8.72. The number of amides is 3. The summed E-state index contributed by atoms with van der Waals surface area (Å²) in [6.07, 6.45) is 13.5. The molecule has 0 aromatic carbocycles. The summed E-state index contributed by atoms with van der Waals surface area (Å²) < 4.78 is 0. The SMILES string of the molecule is O=C(NCC(=O)N1CCC2CCCCC2C1)NC1CCCCCC1. The predicted octanol–water partition coefficient (Wildman–Crippen LogP) is 3.05. The van der Waals surface area contributed by atoms with E-state index in [4.69, 9.17) is 0 Å². The molecule has 136 valence electrons. The molecule has 3 fully saturated rings. The molecule has 1 aliphatic heterocycles. The first-order valence-electron chi connectivity index (χ1n) is 10.0. The largest absolute Gasteiger partial charge is 0.341 e. The number of piperidine rings is 1. The van der Waals surface area contributed by atoms with E-state index in [1.807, 2.05) is 4.90 Å². The Hall–Kier alpha value is -1.26.